The predicted octanol–water partition coefficient (Wildman–Crippen LogP) is 4.32. The van der Waals surface area contributed by atoms with Crippen molar-refractivity contribution in [2.75, 3.05) is 18.5 Å². The number of hydrogen-bond donors (Lipinski definition) is 1. The zero-order valence-corrected chi connectivity index (χ0v) is 15.9. The van der Waals surface area contributed by atoms with Gasteiger partial charge >= 0.3 is 0 Å². The van der Waals surface area contributed by atoms with Gasteiger partial charge in [-0.3, -0.25) is 4.90 Å². The van der Waals surface area contributed by atoms with E-state index in [1.165, 1.54) is 11.6 Å². The Morgan fingerprint density at radius 2 is 1.96 bits per heavy atom. The molecular weight excluding hydrogens is 355 g/mol. The fraction of sp³-hybridized carbons (Fsp3) is 0.273. The van der Waals surface area contributed by atoms with Crippen molar-refractivity contribution in [2.24, 2.45) is 0 Å². The van der Waals surface area contributed by atoms with Crippen molar-refractivity contribution in [3.63, 3.8) is 0 Å². The fourth-order valence-electron chi connectivity index (χ4n) is 3.42. The number of benzene rings is 2. The van der Waals surface area contributed by atoms with E-state index >= 15 is 0 Å². The Hall–Kier alpha value is -2.99. The Kier molecular flexibility index (Phi) is 5.48. The molecule has 0 aliphatic carbocycles. The van der Waals surface area contributed by atoms with E-state index < -0.39 is 0 Å². The second-order valence-electron chi connectivity index (χ2n) is 6.77. The zero-order valence-electron chi connectivity index (χ0n) is 15.9. The number of aromatic nitrogens is 2. The number of halogens is 1. The second-order valence-corrected chi connectivity index (χ2v) is 6.77. The van der Waals surface area contributed by atoms with E-state index in [2.05, 4.69) is 26.3 Å². The molecule has 0 radical (unpaired) electrons. The Morgan fingerprint density at radius 3 is 2.82 bits per heavy atom. The van der Waals surface area contributed by atoms with Crippen molar-refractivity contribution in [2.45, 2.75) is 26.4 Å². The molecule has 1 aromatic heterocycles. The van der Waals surface area contributed by atoms with Crippen molar-refractivity contribution in [1.82, 2.24) is 14.9 Å². The van der Waals surface area contributed by atoms with E-state index in [0.29, 0.717) is 18.2 Å². The highest BCUT2D eigenvalue weighted by atomic mass is 19.1. The molecule has 0 saturated heterocycles. The lowest BCUT2D eigenvalue weighted by Gasteiger charge is -2.28. The van der Waals surface area contributed by atoms with Crippen LogP contribution in [0.5, 0.6) is 5.75 Å². The number of para-hydroxylation sites is 2. The van der Waals surface area contributed by atoms with Crippen LogP contribution in [0.25, 0.3) is 0 Å². The van der Waals surface area contributed by atoms with E-state index in [4.69, 9.17) is 4.74 Å². The summed E-state index contributed by atoms with van der Waals surface area (Å²) in [5.41, 5.74) is 3.70. The average molecular weight is 378 g/mol. The molecule has 2 heterocycles. The highest BCUT2D eigenvalue weighted by molar-refractivity contribution is 5.54. The molecule has 1 aliphatic rings. The molecule has 0 unspecified atom stereocenters. The minimum atomic E-state index is -0.317. The zero-order chi connectivity index (χ0) is 19.3. The van der Waals surface area contributed by atoms with E-state index in [0.717, 1.165) is 43.1 Å². The lowest BCUT2D eigenvalue weighted by Crippen LogP contribution is -2.31. The molecule has 144 valence electrons. The van der Waals surface area contributed by atoms with Crippen LogP contribution in [0.1, 0.15) is 23.7 Å². The molecule has 1 aliphatic heterocycles. The first-order valence-electron chi connectivity index (χ1n) is 9.52. The summed E-state index contributed by atoms with van der Waals surface area (Å²) in [6.07, 6.45) is 2.67. The summed E-state index contributed by atoms with van der Waals surface area (Å²) >= 11 is 0. The van der Waals surface area contributed by atoms with Gasteiger partial charge in [-0.15, -0.1) is 0 Å². The van der Waals surface area contributed by atoms with Crippen LogP contribution >= 0.6 is 0 Å². The monoisotopic (exact) mass is 378 g/mol. The summed E-state index contributed by atoms with van der Waals surface area (Å²) in [4.78, 5) is 11.3. The number of ether oxygens (including phenoxy) is 1. The van der Waals surface area contributed by atoms with Gasteiger partial charge in [-0.2, -0.15) is 0 Å². The van der Waals surface area contributed by atoms with Crippen LogP contribution in [0.15, 0.2) is 54.7 Å². The normalized spacial score (nSPS) is 13.8. The molecule has 1 N–H and O–H groups in total. The molecular formula is C22H23FN4O. The van der Waals surface area contributed by atoms with Gasteiger partial charge in [0, 0.05) is 43.4 Å². The summed E-state index contributed by atoms with van der Waals surface area (Å²) in [5.74, 6) is 1.05. The van der Waals surface area contributed by atoms with Gasteiger partial charge in [-0.05, 0) is 25.1 Å². The first-order valence-corrected chi connectivity index (χ1v) is 9.52. The maximum absolute atomic E-state index is 13.8. The van der Waals surface area contributed by atoms with Gasteiger partial charge in [-0.25, -0.2) is 14.4 Å². The van der Waals surface area contributed by atoms with Crippen LogP contribution in [-0.4, -0.2) is 28.0 Å². The summed E-state index contributed by atoms with van der Waals surface area (Å²) in [5, 5.41) is 2.97. The molecule has 0 amide bonds. The van der Waals surface area contributed by atoms with Crippen molar-refractivity contribution >= 4 is 11.6 Å². The molecule has 2 aromatic carbocycles. The van der Waals surface area contributed by atoms with Gasteiger partial charge in [0.2, 0.25) is 5.95 Å². The van der Waals surface area contributed by atoms with Gasteiger partial charge in [0.25, 0.3) is 0 Å². The van der Waals surface area contributed by atoms with Crippen LogP contribution in [0.3, 0.4) is 0 Å². The van der Waals surface area contributed by atoms with Crippen LogP contribution < -0.4 is 10.1 Å². The molecule has 0 spiro atoms. The molecule has 28 heavy (non-hydrogen) atoms. The lowest BCUT2D eigenvalue weighted by atomic mass is 10.1. The Balaban J connectivity index is 1.46. The molecule has 4 rings (SSSR count). The molecule has 0 bridgehead atoms. The molecule has 0 atom stereocenters. The third-order valence-corrected chi connectivity index (χ3v) is 4.80. The Morgan fingerprint density at radius 1 is 1.14 bits per heavy atom. The topological polar surface area (TPSA) is 50.3 Å². The fourth-order valence-corrected chi connectivity index (χ4v) is 3.42. The maximum Gasteiger partial charge on any atom is 0.227 e. The number of anilines is 2. The number of nitrogens with zero attached hydrogens (tertiary/aromatic N) is 3. The summed E-state index contributed by atoms with van der Waals surface area (Å²) in [7, 11) is 0. The molecule has 0 saturated carbocycles. The van der Waals surface area contributed by atoms with Crippen molar-refractivity contribution in [3.05, 3.63) is 77.4 Å². The van der Waals surface area contributed by atoms with Crippen LogP contribution in [0.2, 0.25) is 0 Å². The maximum atomic E-state index is 13.8. The molecule has 5 nitrogen and oxygen atoms in total. The SMILES string of the molecule is CCOc1ccccc1CN1CCc2nc(Nc3ccccc3F)ncc2C1. The minimum Gasteiger partial charge on any atom is -0.494 e. The van der Waals surface area contributed by atoms with Gasteiger partial charge in [0.05, 0.1) is 18.0 Å². The summed E-state index contributed by atoms with van der Waals surface area (Å²) in [6.45, 7) is 5.17. The highest BCUT2D eigenvalue weighted by Crippen LogP contribution is 2.25. The third kappa shape index (κ3) is 4.12. The van der Waals surface area contributed by atoms with Gasteiger partial charge in [0.1, 0.15) is 11.6 Å². The second kappa shape index (κ2) is 8.35. The summed E-state index contributed by atoms with van der Waals surface area (Å²) in [6, 6.07) is 14.7. The molecule has 6 heteroatoms. The number of fused-ring (bicyclic) bond motifs is 1. The minimum absolute atomic E-state index is 0.317. The van der Waals surface area contributed by atoms with E-state index in [-0.39, 0.29) is 5.82 Å². The van der Waals surface area contributed by atoms with Crippen molar-refractivity contribution in [3.8, 4) is 5.75 Å². The number of nitrogens with one attached hydrogen (secondary N) is 1. The van der Waals surface area contributed by atoms with E-state index in [1.807, 2.05) is 31.3 Å². The Labute approximate surface area is 164 Å². The third-order valence-electron chi connectivity index (χ3n) is 4.80. The van der Waals surface area contributed by atoms with Crippen LogP contribution in [-0.2, 0) is 19.5 Å². The smallest absolute Gasteiger partial charge is 0.227 e. The van der Waals surface area contributed by atoms with Gasteiger partial charge in [0.15, 0.2) is 0 Å². The van der Waals surface area contributed by atoms with Gasteiger partial charge < -0.3 is 10.1 Å². The molecule has 0 fully saturated rings. The Bertz CT molecular complexity index is 963. The van der Waals surface area contributed by atoms with Crippen LogP contribution in [0.4, 0.5) is 16.0 Å². The highest BCUT2D eigenvalue weighted by Gasteiger charge is 2.20. The van der Waals surface area contributed by atoms with Gasteiger partial charge in [-0.1, -0.05) is 30.3 Å². The number of hydrogen-bond acceptors (Lipinski definition) is 5. The predicted molar refractivity (Wildman–Crippen MR) is 107 cm³/mol. The quantitative estimate of drug-likeness (QED) is 0.692. The standard InChI is InChI=1S/C22H23FN4O/c1-2-28-21-10-6-3-7-16(21)14-27-12-11-19-17(15-27)13-24-22(25-19)26-20-9-5-4-8-18(20)23/h3-10,13H,2,11-12,14-15H2,1H3,(H,24,25,26). The van der Waals surface area contributed by atoms with Crippen molar-refractivity contribution < 1.29 is 9.13 Å². The molecule has 3 aromatic rings. The largest absolute Gasteiger partial charge is 0.494 e. The average Bonchev–Trinajstić information content (AvgIpc) is 2.71. The first-order chi connectivity index (χ1) is 13.7. The summed E-state index contributed by atoms with van der Waals surface area (Å²) < 4.78 is 19.6. The van der Waals surface area contributed by atoms with Crippen molar-refractivity contribution in [1.29, 1.82) is 0 Å². The lowest BCUT2D eigenvalue weighted by molar-refractivity contribution is 0.237. The van der Waals surface area contributed by atoms with E-state index in [1.54, 1.807) is 18.2 Å². The van der Waals surface area contributed by atoms with Crippen LogP contribution in [0, 0.1) is 5.82 Å². The number of rotatable bonds is 6. The first kappa shape index (κ1) is 18.4. The van der Waals surface area contributed by atoms with E-state index in [9.17, 15) is 4.39 Å².